The Labute approximate surface area is 81.8 Å². The minimum absolute atomic E-state index is 0.620. The van der Waals surface area contributed by atoms with E-state index in [-0.39, 0.29) is 0 Å². The lowest BCUT2D eigenvalue weighted by Crippen LogP contribution is -2.28. The molecule has 13 heavy (non-hydrogen) atoms. The Balaban J connectivity index is 2.16. The second-order valence-corrected chi connectivity index (χ2v) is 4.30. The molecule has 2 nitrogen and oxygen atoms in total. The molecule has 0 radical (unpaired) electrons. The molecule has 0 atom stereocenters. The van der Waals surface area contributed by atoms with Gasteiger partial charge in [-0.1, -0.05) is 19.4 Å². The Morgan fingerprint density at radius 3 is 2.62 bits per heavy atom. The largest absolute Gasteiger partial charge is 0.327 e. The smallest absolute Gasteiger partial charge is 0.0199 e. The summed E-state index contributed by atoms with van der Waals surface area (Å²) in [4.78, 5) is 2.35. The summed E-state index contributed by atoms with van der Waals surface area (Å²) in [6.07, 6.45) is 5.69. The molecule has 0 spiro atoms. The molecule has 1 rings (SSSR count). The molecule has 0 saturated heterocycles. The molecule has 1 aliphatic rings. The standard InChI is InChI=1S/C11H22N2/c1-10(7-12)8-13(2)9-11-5-3-4-6-11/h11H,1,3-9,12H2,2H3. The van der Waals surface area contributed by atoms with Crippen molar-refractivity contribution >= 4 is 0 Å². The second kappa shape index (κ2) is 5.40. The van der Waals surface area contributed by atoms with E-state index in [0.29, 0.717) is 6.54 Å². The van der Waals surface area contributed by atoms with Crippen molar-refractivity contribution < 1.29 is 0 Å². The number of likely N-dealkylation sites (N-methyl/N-ethyl adjacent to an activating group) is 1. The van der Waals surface area contributed by atoms with Crippen molar-refractivity contribution in [3.05, 3.63) is 12.2 Å². The zero-order valence-electron chi connectivity index (χ0n) is 8.76. The average Bonchev–Trinajstić information content (AvgIpc) is 2.56. The summed E-state index contributed by atoms with van der Waals surface area (Å²) in [6.45, 7) is 6.73. The summed E-state index contributed by atoms with van der Waals surface area (Å²) in [7, 11) is 2.17. The molecule has 76 valence electrons. The highest BCUT2D eigenvalue weighted by molar-refractivity contribution is 4.98. The van der Waals surface area contributed by atoms with Crippen LogP contribution in [0.25, 0.3) is 0 Å². The van der Waals surface area contributed by atoms with Crippen LogP contribution < -0.4 is 5.73 Å². The van der Waals surface area contributed by atoms with E-state index in [2.05, 4.69) is 18.5 Å². The lowest BCUT2D eigenvalue weighted by molar-refractivity contribution is 0.297. The third-order valence-corrected chi connectivity index (χ3v) is 2.83. The van der Waals surface area contributed by atoms with E-state index in [1.165, 1.54) is 32.2 Å². The van der Waals surface area contributed by atoms with Crippen LogP contribution in [0.5, 0.6) is 0 Å². The van der Waals surface area contributed by atoms with Gasteiger partial charge in [0.25, 0.3) is 0 Å². The van der Waals surface area contributed by atoms with Crippen LogP contribution in [0.2, 0.25) is 0 Å². The molecule has 0 amide bonds. The monoisotopic (exact) mass is 182 g/mol. The minimum Gasteiger partial charge on any atom is -0.327 e. The van der Waals surface area contributed by atoms with Crippen molar-refractivity contribution in [3.63, 3.8) is 0 Å². The number of hydrogen-bond donors (Lipinski definition) is 1. The van der Waals surface area contributed by atoms with Gasteiger partial charge in [0.1, 0.15) is 0 Å². The maximum absolute atomic E-state index is 5.50. The van der Waals surface area contributed by atoms with Crippen LogP contribution in [0, 0.1) is 5.92 Å². The molecule has 1 saturated carbocycles. The zero-order valence-corrected chi connectivity index (χ0v) is 8.76. The highest BCUT2D eigenvalue weighted by Crippen LogP contribution is 2.25. The van der Waals surface area contributed by atoms with E-state index in [4.69, 9.17) is 5.73 Å². The van der Waals surface area contributed by atoms with E-state index >= 15 is 0 Å². The predicted molar refractivity (Wildman–Crippen MR) is 57.6 cm³/mol. The van der Waals surface area contributed by atoms with Gasteiger partial charge in [-0.15, -0.1) is 0 Å². The third-order valence-electron chi connectivity index (χ3n) is 2.83. The Morgan fingerprint density at radius 2 is 2.08 bits per heavy atom. The SMILES string of the molecule is C=C(CN)CN(C)CC1CCCC1. The Kier molecular flexibility index (Phi) is 4.46. The summed E-state index contributed by atoms with van der Waals surface area (Å²) >= 11 is 0. The fraction of sp³-hybridized carbons (Fsp3) is 0.818. The number of nitrogens with two attached hydrogens (primary N) is 1. The van der Waals surface area contributed by atoms with Gasteiger partial charge in [0.15, 0.2) is 0 Å². The van der Waals surface area contributed by atoms with Crippen molar-refractivity contribution in [2.75, 3.05) is 26.7 Å². The van der Waals surface area contributed by atoms with Crippen LogP contribution in [-0.4, -0.2) is 31.6 Å². The van der Waals surface area contributed by atoms with E-state index in [0.717, 1.165) is 18.0 Å². The minimum atomic E-state index is 0.620. The van der Waals surface area contributed by atoms with E-state index in [9.17, 15) is 0 Å². The normalized spacial score (nSPS) is 18.4. The van der Waals surface area contributed by atoms with Gasteiger partial charge in [0.05, 0.1) is 0 Å². The maximum Gasteiger partial charge on any atom is 0.0199 e. The molecule has 0 unspecified atom stereocenters. The van der Waals surface area contributed by atoms with Crippen molar-refractivity contribution in [1.29, 1.82) is 0 Å². The molecule has 0 aliphatic heterocycles. The van der Waals surface area contributed by atoms with Crippen LogP contribution in [0.1, 0.15) is 25.7 Å². The first kappa shape index (κ1) is 10.7. The predicted octanol–water partition coefficient (Wildman–Crippen LogP) is 1.62. The molecule has 2 N–H and O–H groups in total. The van der Waals surface area contributed by atoms with Crippen molar-refractivity contribution in [3.8, 4) is 0 Å². The fourth-order valence-corrected chi connectivity index (χ4v) is 2.14. The van der Waals surface area contributed by atoms with Crippen LogP contribution in [0.3, 0.4) is 0 Å². The van der Waals surface area contributed by atoms with Gasteiger partial charge in [-0.05, 0) is 31.4 Å². The van der Waals surface area contributed by atoms with Crippen molar-refractivity contribution in [2.45, 2.75) is 25.7 Å². The van der Waals surface area contributed by atoms with Gasteiger partial charge in [-0.3, -0.25) is 0 Å². The van der Waals surface area contributed by atoms with Crippen LogP contribution in [-0.2, 0) is 0 Å². The molecule has 0 aromatic carbocycles. The Morgan fingerprint density at radius 1 is 1.46 bits per heavy atom. The molecular formula is C11H22N2. The second-order valence-electron chi connectivity index (χ2n) is 4.30. The molecule has 1 aliphatic carbocycles. The Bertz CT molecular complexity index is 159. The summed E-state index contributed by atoms with van der Waals surface area (Å²) in [5.41, 5.74) is 6.64. The first-order chi connectivity index (χ1) is 6.22. The summed E-state index contributed by atoms with van der Waals surface area (Å²) in [6, 6.07) is 0. The highest BCUT2D eigenvalue weighted by atomic mass is 15.1. The fourth-order valence-electron chi connectivity index (χ4n) is 2.14. The van der Waals surface area contributed by atoms with Crippen LogP contribution in [0.15, 0.2) is 12.2 Å². The Hall–Kier alpha value is -0.340. The van der Waals surface area contributed by atoms with Gasteiger partial charge >= 0.3 is 0 Å². The summed E-state index contributed by atoms with van der Waals surface area (Å²) < 4.78 is 0. The lowest BCUT2D eigenvalue weighted by Gasteiger charge is -2.21. The number of nitrogens with zero attached hydrogens (tertiary/aromatic N) is 1. The zero-order chi connectivity index (χ0) is 9.68. The highest BCUT2D eigenvalue weighted by Gasteiger charge is 2.16. The maximum atomic E-state index is 5.50. The average molecular weight is 182 g/mol. The van der Waals surface area contributed by atoms with E-state index < -0.39 is 0 Å². The first-order valence-corrected chi connectivity index (χ1v) is 5.27. The van der Waals surface area contributed by atoms with Gasteiger partial charge < -0.3 is 10.6 Å². The molecular weight excluding hydrogens is 160 g/mol. The van der Waals surface area contributed by atoms with E-state index in [1.807, 2.05) is 0 Å². The molecule has 2 heteroatoms. The van der Waals surface area contributed by atoms with Gasteiger partial charge in [-0.2, -0.15) is 0 Å². The van der Waals surface area contributed by atoms with Gasteiger partial charge in [0, 0.05) is 19.6 Å². The third kappa shape index (κ3) is 3.92. The number of rotatable bonds is 5. The first-order valence-electron chi connectivity index (χ1n) is 5.27. The van der Waals surface area contributed by atoms with Crippen molar-refractivity contribution in [2.24, 2.45) is 11.7 Å². The van der Waals surface area contributed by atoms with Crippen molar-refractivity contribution in [1.82, 2.24) is 4.90 Å². The molecule has 0 heterocycles. The molecule has 1 fully saturated rings. The molecule has 0 aromatic rings. The molecule has 0 bridgehead atoms. The lowest BCUT2D eigenvalue weighted by atomic mass is 10.1. The van der Waals surface area contributed by atoms with Gasteiger partial charge in [-0.25, -0.2) is 0 Å². The quantitative estimate of drug-likeness (QED) is 0.655. The summed E-state index contributed by atoms with van der Waals surface area (Å²) in [5, 5.41) is 0. The van der Waals surface area contributed by atoms with Gasteiger partial charge in [0.2, 0.25) is 0 Å². The van der Waals surface area contributed by atoms with Crippen LogP contribution in [0.4, 0.5) is 0 Å². The topological polar surface area (TPSA) is 29.3 Å². The molecule has 0 aromatic heterocycles. The summed E-state index contributed by atoms with van der Waals surface area (Å²) in [5.74, 6) is 0.926. The van der Waals surface area contributed by atoms with E-state index in [1.54, 1.807) is 0 Å². The number of hydrogen-bond acceptors (Lipinski definition) is 2. The van der Waals surface area contributed by atoms with Crippen LogP contribution >= 0.6 is 0 Å².